The van der Waals surface area contributed by atoms with E-state index in [-0.39, 0.29) is 6.54 Å². The fraction of sp³-hybridized carbons (Fsp3) is 0.300. The average Bonchev–Trinajstić information content (AvgIpc) is 2.25. The molecule has 1 atom stereocenters. The molecule has 1 heterocycles. The molecule has 0 spiro atoms. The fourth-order valence-electron chi connectivity index (χ4n) is 1.07. The molecule has 0 aliphatic rings. The van der Waals surface area contributed by atoms with Crippen LogP contribution in [0, 0.1) is 6.92 Å². The number of carbonyl (C=O) groups is 2. The topological polar surface area (TPSA) is 105 Å². The highest BCUT2D eigenvalue weighted by Crippen LogP contribution is 2.00. The molecule has 16 heavy (non-hydrogen) atoms. The molecule has 0 radical (unpaired) electrons. The van der Waals surface area contributed by atoms with Gasteiger partial charge in [-0.05, 0) is 18.6 Å². The maximum absolute atomic E-state index is 11.5. The first-order valence-electron chi connectivity index (χ1n) is 4.68. The highest BCUT2D eigenvalue weighted by molar-refractivity contribution is 5.94. The first-order valence-corrected chi connectivity index (χ1v) is 4.68. The van der Waals surface area contributed by atoms with Crippen LogP contribution in [-0.4, -0.2) is 34.6 Å². The number of aliphatic hydroxyl groups is 1. The second kappa shape index (κ2) is 5.22. The molecule has 0 saturated heterocycles. The van der Waals surface area contributed by atoms with Crippen molar-refractivity contribution in [2.24, 2.45) is 5.73 Å². The number of aromatic nitrogens is 1. The van der Waals surface area contributed by atoms with Crippen molar-refractivity contribution in [3.8, 4) is 0 Å². The Hall–Kier alpha value is -1.95. The summed E-state index contributed by atoms with van der Waals surface area (Å²) in [4.78, 5) is 25.9. The van der Waals surface area contributed by atoms with Crippen molar-refractivity contribution in [3.05, 3.63) is 29.6 Å². The molecule has 0 fully saturated rings. The van der Waals surface area contributed by atoms with E-state index >= 15 is 0 Å². The molecule has 1 aromatic rings. The van der Waals surface area contributed by atoms with Gasteiger partial charge in [0.1, 0.15) is 6.10 Å². The van der Waals surface area contributed by atoms with Crippen LogP contribution in [0.5, 0.6) is 0 Å². The summed E-state index contributed by atoms with van der Waals surface area (Å²) in [6.07, 6.45) is 1.65. The lowest BCUT2D eigenvalue weighted by atomic mass is 10.2. The zero-order chi connectivity index (χ0) is 12.1. The highest BCUT2D eigenvalue weighted by Gasteiger charge is 2.13. The molecular formula is C10H13N3O3. The Morgan fingerprint density at radius 3 is 2.81 bits per heavy atom. The number of carbonyl (C=O) groups excluding carboxylic acids is 2. The van der Waals surface area contributed by atoms with Crippen LogP contribution in [0.1, 0.15) is 15.9 Å². The lowest BCUT2D eigenvalue weighted by Gasteiger charge is -2.08. The maximum Gasteiger partial charge on any atom is 0.252 e. The van der Waals surface area contributed by atoms with Crippen molar-refractivity contribution in [1.82, 2.24) is 10.3 Å². The van der Waals surface area contributed by atoms with Gasteiger partial charge in [0, 0.05) is 12.4 Å². The standard InChI is InChI=1S/C10H13N3O3/c1-6-2-7(4-12-3-6)10(16)13-5-8(14)9(11)15/h2-4,8,14H,5H2,1H3,(H2,11,15)(H,13,16). The smallest absolute Gasteiger partial charge is 0.252 e. The Morgan fingerprint density at radius 2 is 2.25 bits per heavy atom. The van der Waals surface area contributed by atoms with E-state index in [2.05, 4.69) is 10.3 Å². The summed E-state index contributed by atoms with van der Waals surface area (Å²) in [5, 5.41) is 11.4. The van der Waals surface area contributed by atoms with Crippen molar-refractivity contribution in [2.75, 3.05) is 6.54 Å². The summed E-state index contributed by atoms with van der Waals surface area (Å²) in [6, 6.07) is 1.65. The Bertz CT molecular complexity index is 406. The van der Waals surface area contributed by atoms with Crippen LogP contribution in [0.15, 0.2) is 18.5 Å². The molecule has 0 aliphatic carbocycles. The average molecular weight is 223 g/mol. The molecule has 0 aliphatic heterocycles. The molecule has 0 saturated carbocycles. The number of nitrogens with two attached hydrogens (primary N) is 1. The summed E-state index contributed by atoms with van der Waals surface area (Å²) in [5.41, 5.74) is 6.05. The van der Waals surface area contributed by atoms with Crippen molar-refractivity contribution >= 4 is 11.8 Å². The van der Waals surface area contributed by atoms with Gasteiger partial charge in [-0.1, -0.05) is 0 Å². The van der Waals surface area contributed by atoms with Gasteiger partial charge in [0.05, 0.1) is 12.1 Å². The number of nitrogens with one attached hydrogen (secondary N) is 1. The molecular weight excluding hydrogens is 210 g/mol. The summed E-state index contributed by atoms with van der Waals surface area (Å²) >= 11 is 0. The lowest BCUT2D eigenvalue weighted by Crippen LogP contribution is -2.40. The largest absolute Gasteiger partial charge is 0.381 e. The van der Waals surface area contributed by atoms with Crippen LogP contribution < -0.4 is 11.1 Å². The predicted molar refractivity (Wildman–Crippen MR) is 56.5 cm³/mol. The third-order valence-electron chi connectivity index (χ3n) is 1.92. The number of aryl methyl sites for hydroxylation is 1. The molecule has 6 heteroatoms. The third kappa shape index (κ3) is 3.32. The Morgan fingerprint density at radius 1 is 1.56 bits per heavy atom. The zero-order valence-corrected chi connectivity index (χ0v) is 8.80. The third-order valence-corrected chi connectivity index (χ3v) is 1.92. The van der Waals surface area contributed by atoms with Gasteiger partial charge in [-0.3, -0.25) is 14.6 Å². The minimum absolute atomic E-state index is 0.206. The van der Waals surface area contributed by atoms with Crippen molar-refractivity contribution in [3.63, 3.8) is 0 Å². The molecule has 4 N–H and O–H groups in total. The number of primary amides is 1. The molecule has 1 unspecified atom stereocenters. The lowest BCUT2D eigenvalue weighted by molar-refractivity contribution is -0.125. The second-order valence-electron chi connectivity index (χ2n) is 3.38. The van der Waals surface area contributed by atoms with Crippen LogP contribution in [0.2, 0.25) is 0 Å². The Kier molecular flexibility index (Phi) is 3.96. The molecule has 0 aromatic carbocycles. The highest BCUT2D eigenvalue weighted by atomic mass is 16.3. The SMILES string of the molecule is Cc1cncc(C(=O)NCC(O)C(N)=O)c1. The number of nitrogens with zero attached hydrogens (tertiary/aromatic N) is 1. The van der Waals surface area contributed by atoms with E-state index in [0.29, 0.717) is 5.56 Å². The number of rotatable bonds is 4. The van der Waals surface area contributed by atoms with Crippen molar-refractivity contribution < 1.29 is 14.7 Å². The molecule has 2 amide bonds. The van der Waals surface area contributed by atoms with Gasteiger partial charge >= 0.3 is 0 Å². The van der Waals surface area contributed by atoms with Gasteiger partial charge in [-0.25, -0.2) is 0 Å². The number of hydrogen-bond donors (Lipinski definition) is 3. The van der Waals surface area contributed by atoms with E-state index in [0.717, 1.165) is 5.56 Å². The Balaban J connectivity index is 2.56. The maximum atomic E-state index is 11.5. The van der Waals surface area contributed by atoms with E-state index < -0.39 is 17.9 Å². The molecule has 86 valence electrons. The number of hydrogen-bond acceptors (Lipinski definition) is 4. The van der Waals surface area contributed by atoms with Gasteiger partial charge in [0.15, 0.2) is 0 Å². The minimum Gasteiger partial charge on any atom is -0.381 e. The molecule has 1 aromatic heterocycles. The van der Waals surface area contributed by atoms with E-state index in [1.54, 1.807) is 12.3 Å². The second-order valence-corrected chi connectivity index (χ2v) is 3.38. The van der Waals surface area contributed by atoms with E-state index in [1.807, 2.05) is 6.92 Å². The van der Waals surface area contributed by atoms with Crippen molar-refractivity contribution in [1.29, 1.82) is 0 Å². The van der Waals surface area contributed by atoms with Gasteiger partial charge < -0.3 is 16.2 Å². The van der Waals surface area contributed by atoms with Gasteiger partial charge in [0.25, 0.3) is 5.91 Å². The summed E-state index contributed by atoms with van der Waals surface area (Å²) < 4.78 is 0. The normalized spacial score (nSPS) is 11.9. The van der Waals surface area contributed by atoms with Gasteiger partial charge in [-0.2, -0.15) is 0 Å². The van der Waals surface area contributed by atoms with Crippen LogP contribution in [-0.2, 0) is 4.79 Å². The number of pyridine rings is 1. The van der Waals surface area contributed by atoms with Gasteiger partial charge in [0.2, 0.25) is 5.91 Å². The summed E-state index contributed by atoms with van der Waals surface area (Å²) in [7, 11) is 0. The van der Waals surface area contributed by atoms with E-state index in [4.69, 9.17) is 10.8 Å². The van der Waals surface area contributed by atoms with Crippen LogP contribution in [0.3, 0.4) is 0 Å². The van der Waals surface area contributed by atoms with Crippen LogP contribution in [0.25, 0.3) is 0 Å². The molecule has 0 bridgehead atoms. The van der Waals surface area contributed by atoms with Crippen LogP contribution in [0.4, 0.5) is 0 Å². The summed E-state index contributed by atoms with van der Waals surface area (Å²) in [6.45, 7) is 1.60. The number of aliphatic hydroxyl groups excluding tert-OH is 1. The first kappa shape index (κ1) is 12.1. The number of amides is 2. The molecule has 1 rings (SSSR count). The Labute approximate surface area is 92.5 Å². The summed E-state index contributed by atoms with van der Waals surface area (Å²) in [5.74, 6) is -1.28. The van der Waals surface area contributed by atoms with Gasteiger partial charge in [-0.15, -0.1) is 0 Å². The van der Waals surface area contributed by atoms with Crippen molar-refractivity contribution in [2.45, 2.75) is 13.0 Å². The first-order chi connectivity index (χ1) is 7.50. The zero-order valence-electron chi connectivity index (χ0n) is 8.80. The van der Waals surface area contributed by atoms with E-state index in [1.165, 1.54) is 6.20 Å². The predicted octanol–water partition coefficient (Wildman–Crippen LogP) is -1.03. The minimum atomic E-state index is -1.37. The molecule has 6 nitrogen and oxygen atoms in total. The quantitative estimate of drug-likeness (QED) is 0.606. The fourth-order valence-corrected chi connectivity index (χ4v) is 1.07. The monoisotopic (exact) mass is 223 g/mol. The van der Waals surface area contributed by atoms with Crippen LogP contribution >= 0.6 is 0 Å². The van der Waals surface area contributed by atoms with E-state index in [9.17, 15) is 9.59 Å².